The molecule has 3 nitrogen and oxygen atoms in total. The Morgan fingerprint density at radius 2 is 1.89 bits per heavy atom. The summed E-state index contributed by atoms with van der Waals surface area (Å²) in [6, 6.07) is 14.3. The van der Waals surface area contributed by atoms with Crippen LogP contribution in [0.4, 0.5) is 4.39 Å². The van der Waals surface area contributed by atoms with Gasteiger partial charge in [-0.2, -0.15) is 0 Å². The first-order chi connectivity index (χ1) is 13.1. The Bertz CT molecular complexity index is 846. The zero-order valence-corrected chi connectivity index (χ0v) is 15.8. The summed E-state index contributed by atoms with van der Waals surface area (Å²) in [6.45, 7) is 5.89. The fourth-order valence-electron chi connectivity index (χ4n) is 5.77. The smallest absolute Gasteiger partial charge is 0.127 e. The van der Waals surface area contributed by atoms with Gasteiger partial charge in [-0.25, -0.2) is 4.39 Å². The predicted molar refractivity (Wildman–Crippen MR) is 104 cm³/mol. The van der Waals surface area contributed by atoms with E-state index in [1.54, 1.807) is 12.1 Å². The number of nitrogens with zero attached hydrogens (tertiary/aromatic N) is 2. The van der Waals surface area contributed by atoms with E-state index < -0.39 is 0 Å². The van der Waals surface area contributed by atoms with Crippen molar-refractivity contribution in [2.45, 2.75) is 44.3 Å². The second kappa shape index (κ2) is 6.61. The van der Waals surface area contributed by atoms with E-state index in [0.717, 1.165) is 17.7 Å². The lowest BCUT2D eigenvalue weighted by Crippen LogP contribution is -2.60. The van der Waals surface area contributed by atoms with Crippen LogP contribution in [0.5, 0.6) is 5.75 Å². The molecule has 0 unspecified atom stereocenters. The van der Waals surface area contributed by atoms with Crippen LogP contribution in [-0.4, -0.2) is 46.6 Å². The number of halogens is 1. The average Bonchev–Trinajstić information content (AvgIpc) is 3.07. The monoisotopic (exact) mass is 366 g/mol. The van der Waals surface area contributed by atoms with Crippen LogP contribution in [0.15, 0.2) is 42.5 Å². The fraction of sp³-hybridized carbons (Fsp3) is 0.478. The Kier molecular flexibility index (Phi) is 4.21. The summed E-state index contributed by atoms with van der Waals surface area (Å²) in [5, 5.41) is 9.99. The highest BCUT2D eigenvalue weighted by Gasteiger charge is 2.53. The molecular weight excluding hydrogens is 339 g/mol. The van der Waals surface area contributed by atoms with Crippen LogP contribution in [0.25, 0.3) is 0 Å². The maximum Gasteiger partial charge on any atom is 0.127 e. The highest BCUT2D eigenvalue weighted by molar-refractivity contribution is 5.34. The first-order valence-electron chi connectivity index (χ1n) is 10.1. The van der Waals surface area contributed by atoms with Gasteiger partial charge in [0.05, 0.1) is 0 Å². The number of benzene rings is 2. The number of rotatable bonds is 3. The summed E-state index contributed by atoms with van der Waals surface area (Å²) in [4.78, 5) is 5.16. The normalized spacial score (nSPS) is 32.6. The SMILES string of the molecule is Cc1ccc(CN2C[C@@H](c3cccc(O)c3)[C@@H]3[C@H]2C2CCN3CC2)c(F)c1. The van der Waals surface area contributed by atoms with E-state index in [0.29, 0.717) is 36.2 Å². The van der Waals surface area contributed by atoms with Crippen molar-refractivity contribution in [1.29, 1.82) is 0 Å². The first kappa shape index (κ1) is 17.2. The minimum atomic E-state index is -0.0892. The lowest BCUT2D eigenvalue weighted by molar-refractivity contribution is -0.00892. The molecule has 2 bridgehead atoms. The summed E-state index contributed by atoms with van der Waals surface area (Å²) in [7, 11) is 0. The van der Waals surface area contributed by atoms with Gasteiger partial charge in [0, 0.05) is 36.7 Å². The maximum atomic E-state index is 14.5. The second-order valence-electron chi connectivity index (χ2n) is 8.58. The molecule has 4 heterocycles. The first-order valence-corrected chi connectivity index (χ1v) is 10.1. The zero-order valence-electron chi connectivity index (χ0n) is 15.8. The van der Waals surface area contributed by atoms with Crippen LogP contribution >= 0.6 is 0 Å². The topological polar surface area (TPSA) is 26.7 Å². The van der Waals surface area contributed by atoms with Crippen molar-refractivity contribution in [2.24, 2.45) is 5.92 Å². The number of fused-ring (bicyclic) bond motifs is 2. The van der Waals surface area contributed by atoms with E-state index in [1.807, 2.05) is 31.2 Å². The summed E-state index contributed by atoms with van der Waals surface area (Å²) in [5.41, 5.74) is 2.98. The number of phenols is 1. The Morgan fingerprint density at radius 1 is 1.07 bits per heavy atom. The van der Waals surface area contributed by atoms with Crippen molar-refractivity contribution in [1.82, 2.24) is 9.80 Å². The van der Waals surface area contributed by atoms with Gasteiger partial charge < -0.3 is 5.11 Å². The molecule has 4 heteroatoms. The molecule has 0 radical (unpaired) electrons. The average molecular weight is 366 g/mol. The number of likely N-dealkylation sites (tertiary alicyclic amines) is 1. The van der Waals surface area contributed by atoms with Crippen molar-refractivity contribution < 1.29 is 9.50 Å². The standard InChI is InChI=1S/C23H27FN2O/c1-15-5-6-18(21(24)11-15)13-26-14-20(17-3-2-4-19(27)12-17)23-22(26)16-7-9-25(23)10-8-16/h2-6,11-12,16,20,22-23,27H,7-10,13-14H2,1H3/t20-,22+,23+/m0/s1. The highest BCUT2D eigenvalue weighted by Crippen LogP contribution is 2.47. The van der Waals surface area contributed by atoms with Crippen molar-refractivity contribution in [3.63, 3.8) is 0 Å². The number of phenolic OH excluding ortho intramolecular Hbond substituents is 1. The largest absolute Gasteiger partial charge is 0.508 e. The summed E-state index contributed by atoms with van der Waals surface area (Å²) in [5.74, 6) is 1.33. The molecule has 0 saturated carbocycles. The van der Waals surface area contributed by atoms with Gasteiger partial charge in [0.25, 0.3) is 0 Å². The third-order valence-electron chi connectivity index (χ3n) is 6.97. The Balaban J connectivity index is 1.49. The molecule has 4 aliphatic heterocycles. The molecule has 6 rings (SSSR count). The van der Waals surface area contributed by atoms with Gasteiger partial charge in [-0.1, -0.05) is 24.3 Å². The lowest BCUT2D eigenvalue weighted by Gasteiger charge is -2.51. The van der Waals surface area contributed by atoms with Crippen molar-refractivity contribution >= 4 is 0 Å². The molecule has 142 valence electrons. The second-order valence-corrected chi connectivity index (χ2v) is 8.58. The highest BCUT2D eigenvalue weighted by atomic mass is 19.1. The van der Waals surface area contributed by atoms with Crippen LogP contribution in [0, 0.1) is 18.7 Å². The van der Waals surface area contributed by atoms with Crippen molar-refractivity contribution in [3.8, 4) is 5.75 Å². The Morgan fingerprint density at radius 3 is 2.63 bits per heavy atom. The number of aryl methyl sites for hydroxylation is 1. The van der Waals surface area contributed by atoms with Crippen molar-refractivity contribution in [2.75, 3.05) is 19.6 Å². The third-order valence-corrected chi connectivity index (χ3v) is 6.97. The third kappa shape index (κ3) is 2.95. The molecule has 1 N–H and O–H groups in total. The summed E-state index contributed by atoms with van der Waals surface area (Å²) in [6.07, 6.45) is 2.50. The minimum Gasteiger partial charge on any atom is -0.508 e. The molecule has 0 amide bonds. The molecule has 4 saturated heterocycles. The zero-order chi connectivity index (χ0) is 18.5. The predicted octanol–water partition coefficient (Wildman–Crippen LogP) is 3.90. The van der Waals surface area contributed by atoms with Gasteiger partial charge >= 0.3 is 0 Å². The van der Waals surface area contributed by atoms with Crippen LogP contribution in [-0.2, 0) is 6.54 Å². The molecule has 4 fully saturated rings. The molecule has 2 aromatic carbocycles. The number of piperidine rings is 3. The van der Waals surface area contributed by atoms with Crippen LogP contribution in [0.1, 0.15) is 35.4 Å². The lowest BCUT2D eigenvalue weighted by atomic mass is 9.75. The van der Waals surface area contributed by atoms with E-state index in [4.69, 9.17) is 0 Å². The van der Waals surface area contributed by atoms with Gasteiger partial charge in [0.15, 0.2) is 0 Å². The molecule has 0 aromatic heterocycles. The molecule has 27 heavy (non-hydrogen) atoms. The van der Waals surface area contributed by atoms with Crippen LogP contribution < -0.4 is 0 Å². The summed E-state index contributed by atoms with van der Waals surface area (Å²) >= 11 is 0. The van der Waals surface area contributed by atoms with E-state index in [-0.39, 0.29) is 5.82 Å². The van der Waals surface area contributed by atoms with Gasteiger partial charge in [-0.05, 0) is 68.1 Å². The van der Waals surface area contributed by atoms with Gasteiger partial charge in [-0.3, -0.25) is 9.80 Å². The van der Waals surface area contributed by atoms with E-state index >= 15 is 0 Å². The van der Waals surface area contributed by atoms with Crippen LogP contribution in [0.2, 0.25) is 0 Å². The summed E-state index contributed by atoms with van der Waals surface area (Å²) < 4.78 is 14.5. The number of aromatic hydroxyl groups is 1. The van der Waals surface area contributed by atoms with E-state index in [1.165, 1.54) is 31.5 Å². The fourth-order valence-corrected chi connectivity index (χ4v) is 5.77. The molecule has 2 aromatic rings. The number of hydrogen-bond acceptors (Lipinski definition) is 3. The van der Waals surface area contributed by atoms with E-state index in [2.05, 4.69) is 15.9 Å². The molecular formula is C23H27FN2O. The van der Waals surface area contributed by atoms with Crippen LogP contribution in [0.3, 0.4) is 0 Å². The van der Waals surface area contributed by atoms with E-state index in [9.17, 15) is 9.50 Å². The maximum absolute atomic E-state index is 14.5. The molecule has 3 atom stereocenters. The number of hydrogen-bond donors (Lipinski definition) is 1. The van der Waals surface area contributed by atoms with Crippen molar-refractivity contribution in [3.05, 3.63) is 65.0 Å². The molecule has 4 aliphatic rings. The Hall–Kier alpha value is -1.91. The Labute approximate surface area is 160 Å². The minimum absolute atomic E-state index is 0.0892. The molecule has 0 spiro atoms. The van der Waals surface area contributed by atoms with Gasteiger partial charge in [-0.15, -0.1) is 0 Å². The van der Waals surface area contributed by atoms with Gasteiger partial charge in [0.2, 0.25) is 0 Å². The quantitative estimate of drug-likeness (QED) is 0.892. The van der Waals surface area contributed by atoms with Gasteiger partial charge in [0.1, 0.15) is 11.6 Å². The molecule has 0 aliphatic carbocycles.